The number of piperidine rings is 1. The summed E-state index contributed by atoms with van der Waals surface area (Å²) in [7, 11) is 0. The first-order valence-electron chi connectivity index (χ1n) is 8.25. The molecule has 1 spiro atoms. The molecule has 6 heteroatoms. The summed E-state index contributed by atoms with van der Waals surface area (Å²) in [6.07, 6.45) is 3.82. The van der Waals surface area contributed by atoms with Crippen molar-refractivity contribution in [3.8, 4) is 5.75 Å². The van der Waals surface area contributed by atoms with E-state index in [4.69, 9.17) is 21.1 Å². The maximum absolute atomic E-state index is 12.5. The average Bonchev–Trinajstić information content (AvgIpc) is 2.53. The van der Waals surface area contributed by atoms with Gasteiger partial charge < -0.3 is 19.7 Å². The second-order valence-corrected chi connectivity index (χ2v) is 6.57. The van der Waals surface area contributed by atoms with Crippen LogP contribution >= 0.6 is 11.6 Å². The number of nitrogens with zero attached hydrogens (tertiary/aromatic N) is 1. The van der Waals surface area contributed by atoms with Crippen molar-refractivity contribution in [1.29, 1.82) is 0 Å². The fourth-order valence-corrected chi connectivity index (χ4v) is 3.28. The van der Waals surface area contributed by atoms with Crippen molar-refractivity contribution >= 4 is 23.3 Å². The van der Waals surface area contributed by atoms with Crippen molar-refractivity contribution in [2.24, 2.45) is 0 Å². The molecule has 0 radical (unpaired) electrons. The van der Waals surface area contributed by atoms with Crippen LogP contribution in [0.1, 0.15) is 32.6 Å². The molecule has 1 N–H and O–H groups in total. The average molecular weight is 339 g/mol. The van der Waals surface area contributed by atoms with E-state index < -0.39 is 0 Å². The normalized spacial score (nSPS) is 19.3. The fraction of sp³-hybridized carbons (Fsp3) is 0.588. The minimum Gasteiger partial charge on any atom is -0.490 e. The number of carbonyl (C=O) groups is 1. The van der Waals surface area contributed by atoms with E-state index in [9.17, 15) is 4.79 Å². The van der Waals surface area contributed by atoms with Gasteiger partial charge in [0.05, 0.1) is 29.5 Å². The lowest BCUT2D eigenvalue weighted by Crippen LogP contribution is -2.54. The number of para-hydroxylation sites is 1. The van der Waals surface area contributed by atoms with Crippen LogP contribution in [0.5, 0.6) is 5.75 Å². The van der Waals surface area contributed by atoms with Crippen molar-refractivity contribution in [1.82, 2.24) is 4.90 Å². The fourth-order valence-electron chi connectivity index (χ4n) is 3.05. The zero-order chi connectivity index (χ0) is 16.3. The van der Waals surface area contributed by atoms with Crippen LogP contribution in [0.15, 0.2) is 18.2 Å². The van der Waals surface area contributed by atoms with Gasteiger partial charge in [-0.3, -0.25) is 0 Å². The zero-order valence-electron chi connectivity index (χ0n) is 13.4. The van der Waals surface area contributed by atoms with E-state index in [2.05, 4.69) is 5.32 Å². The predicted octanol–water partition coefficient (Wildman–Crippen LogP) is 3.92. The molecule has 2 aliphatic heterocycles. The maximum Gasteiger partial charge on any atom is 0.321 e. The van der Waals surface area contributed by atoms with E-state index in [1.165, 1.54) is 0 Å². The maximum atomic E-state index is 12.5. The van der Waals surface area contributed by atoms with E-state index in [0.29, 0.717) is 23.1 Å². The molecule has 0 saturated carbocycles. The van der Waals surface area contributed by atoms with Crippen LogP contribution in [-0.4, -0.2) is 42.8 Å². The Kier molecular flexibility index (Phi) is 4.97. The number of amides is 2. The smallest absolute Gasteiger partial charge is 0.321 e. The van der Waals surface area contributed by atoms with Gasteiger partial charge in [0.1, 0.15) is 0 Å². The zero-order valence-corrected chi connectivity index (χ0v) is 14.2. The Morgan fingerprint density at radius 1 is 1.39 bits per heavy atom. The number of benzene rings is 1. The van der Waals surface area contributed by atoms with E-state index in [0.717, 1.165) is 45.4 Å². The van der Waals surface area contributed by atoms with Crippen LogP contribution in [0.3, 0.4) is 0 Å². The molecular formula is C17H23ClN2O3. The largest absolute Gasteiger partial charge is 0.490 e. The highest BCUT2D eigenvalue weighted by Crippen LogP contribution is 2.37. The van der Waals surface area contributed by atoms with Gasteiger partial charge in [-0.15, -0.1) is 0 Å². The highest BCUT2D eigenvalue weighted by molar-refractivity contribution is 6.32. The quantitative estimate of drug-likeness (QED) is 0.905. The number of hydrogen-bond donors (Lipinski definition) is 1. The predicted molar refractivity (Wildman–Crippen MR) is 90.4 cm³/mol. The van der Waals surface area contributed by atoms with Gasteiger partial charge in [0.25, 0.3) is 0 Å². The Morgan fingerprint density at radius 2 is 2.13 bits per heavy atom. The second-order valence-electron chi connectivity index (χ2n) is 6.16. The van der Waals surface area contributed by atoms with Crippen molar-refractivity contribution in [2.75, 3.05) is 31.6 Å². The Balaban J connectivity index is 1.62. The molecule has 1 aromatic rings. The lowest BCUT2D eigenvalue weighted by molar-refractivity contribution is -0.168. The highest BCUT2D eigenvalue weighted by Gasteiger charge is 2.42. The minimum atomic E-state index is -0.109. The summed E-state index contributed by atoms with van der Waals surface area (Å²) in [5, 5.41) is 3.44. The topological polar surface area (TPSA) is 50.8 Å². The molecule has 2 amide bonds. The van der Waals surface area contributed by atoms with E-state index in [1.54, 1.807) is 6.07 Å². The lowest BCUT2D eigenvalue weighted by Gasteiger charge is -2.47. The Bertz CT molecular complexity index is 565. The van der Waals surface area contributed by atoms with Gasteiger partial charge >= 0.3 is 6.03 Å². The van der Waals surface area contributed by atoms with Crippen molar-refractivity contribution in [3.63, 3.8) is 0 Å². The van der Waals surface area contributed by atoms with Gasteiger partial charge in [-0.1, -0.05) is 24.6 Å². The third-order valence-corrected chi connectivity index (χ3v) is 4.88. The molecule has 0 bridgehead atoms. The number of rotatable bonds is 4. The molecule has 2 heterocycles. The van der Waals surface area contributed by atoms with E-state index >= 15 is 0 Å². The molecule has 0 aliphatic carbocycles. The molecule has 126 valence electrons. The summed E-state index contributed by atoms with van der Waals surface area (Å²) in [6.45, 7) is 4.89. The number of anilines is 1. The van der Waals surface area contributed by atoms with Gasteiger partial charge in [0.2, 0.25) is 0 Å². The van der Waals surface area contributed by atoms with Gasteiger partial charge in [-0.05, 0) is 37.8 Å². The first-order chi connectivity index (χ1) is 11.1. The van der Waals surface area contributed by atoms with Crippen LogP contribution < -0.4 is 10.1 Å². The van der Waals surface area contributed by atoms with Gasteiger partial charge in [0.15, 0.2) is 5.75 Å². The van der Waals surface area contributed by atoms with Crippen LogP contribution in [0, 0.1) is 0 Å². The Hall–Kier alpha value is -1.46. The molecule has 2 fully saturated rings. The molecule has 23 heavy (non-hydrogen) atoms. The highest BCUT2D eigenvalue weighted by atomic mass is 35.5. The molecule has 0 unspecified atom stereocenters. The van der Waals surface area contributed by atoms with E-state index in [-0.39, 0.29) is 11.6 Å². The molecule has 2 aliphatic rings. The summed E-state index contributed by atoms with van der Waals surface area (Å²) >= 11 is 6.19. The standard InChI is InChI=1S/C17H23ClN2O3/c1-2-11-22-15-13(18)4-3-5-14(15)19-16(21)20-9-6-17(7-10-20)8-12-23-17/h3-5H,2,6-12H2,1H3,(H,19,21). The summed E-state index contributed by atoms with van der Waals surface area (Å²) < 4.78 is 11.4. The van der Waals surface area contributed by atoms with Crippen molar-refractivity contribution < 1.29 is 14.3 Å². The third kappa shape index (κ3) is 3.56. The summed E-state index contributed by atoms with van der Waals surface area (Å²) in [6, 6.07) is 5.28. The molecule has 3 rings (SSSR count). The lowest BCUT2D eigenvalue weighted by atomic mass is 9.84. The van der Waals surface area contributed by atoms with Gasteiger partial charge in [-0.2, -0.15) is 0 Å². The SMILES string of the molecule is CCCOc1c(Cl)cccc1NC(=O)N1CCC2(CCO2)CC1. The third-order valence-electron chi connectivity index (χ3n) is 4.59. The summed E-state index contributed by atoms with van der Waals surface area (Å²) in [4.78, 5) is 14.3. The molecule has 1 aromatic carbocycles. The molecule has 5 nitrogen and oxygen atoms in total. The van der Waals surface area contributed by atoms with Crippen LogP contribution in [0.25, 0.3) is 0 Å². The molecule has 2 saturated heterocycles. The number of ether oxygens (including phenoxy) is 2. The number of likely N-dealkylation sites (tertiary alicyclic amines) is 1. The van der Waals surface area contributed by atoms with Crippen LogP contribution in [0.4, 0.5) is 10.5 Å². The number of nitrogens with one attached hydrogen (secondary N) is 1. The Labute approximate surface area is 141 Å². The Morgan fingerprint density at radius 3 is 2.74 bits per heavy atom. The van der Waals surface area contributed by atoms with Crippen LogP contribution in [-0.2, 0) is 4.74 Å². The van der Waals surface area contributed by atoms with Crippen molar-refractivity contribution in [2.45, 2.75) is 38.2 Å². The summed E-state index contributed by atoms with van der Waals surface area (Å²) in [5.74, 6) is 0.542. The molecule has 0 atom stereocenters. The first-order valence-corrected chi connectivity index (χ1v) is 8.62. The van der Waals surface area contributed by atoms with E-state index in [1.807, 2.05) is 24.0 Å². The number of carbonyl (C=O) groups excluding carboxylic acids is 1. The first kappa shape index (κ1) is 16.4. The molecule has 0 aromatic heterocycles. The van der Waals surface area contributed by atoms with Gasteiger partial charge in [-0.25, -0.2) is 4.79 Å². The van der Waals surface area contributed by atoms with Crippen LogP contribution in [0.2, 0.25) is 5.02 Å². The molecular weight excluding hydrogens is 316 g/mol. The number of hydrogen-bond acceptors (Lipinski definition) is 3. The number of urea groups is 1. The second kappa shape index (κ2) is 6.97. The monoisotopic (exact) mass is 338 g/mol. The minimum absolute atomic E-state index is 0.0439. The number of halogens is 1. The van der Waals surface area contributed by atoms with Crippen molar-refractivity contribution in [3.05, 3.63) is 23.2 Å². The van der Waals surface area contributed by atoms with Gasteiger partial charge in [0, 0.05) is 13.1 Å². The summed E-state index contributed by atoms with van der Waals surface area (Å²) in [5.41, 5.74) is 0.665.